The molecular weight excluding hydrogens is 280 g/mol. The van der Waals surface area contributed by atoms with Gasteiger partial charge in [-0.15, -0.1) is 0 Å². The zero-order valence-corrected chi connectivity index (χ0v) is 11.7. The van der Waals surface area contributed by atoms with Crippen molar-refractivity contribution in [3.8, 4) is 0 Å². The first-order chi connectivity index (χ1) is 9.87. The SMILES string of the molecule is CC(C(=O)NC1(C(=O)O)CCCC1)c1c(F)cccc1F. The van der Waals surface area contributed by atoms with Crippen molar-refractivity contribution in [2.45, 2.75) is 44.1 Å². The van der Waals surface area contributed by atoms with Crippen LogP contribution in [-0.4, -0.2) is 22.5 Å². The van der Waals surface area contributed by atoms with Gasteiger partial charge >= 0.3 is 5.97 Å². The number of hydrogen-bond acceptors (Lipinski definition) is 2. The lowest BCUT2D eigenvalue weighted by Gasteiger charge is -2.27. The van der Waals surface area contributed by atoms with Crippen LogP contribution in [0.1, 0.15) is 44.1 Å². The predicted molar refractivity (Wildman–Crippen MR) is 71.8 cm³/mol. The van der Waals surface area contributed by atoms with E-state index in [0.717, 1.165) is 12.1 Å². The molecule has 0 heterocycles. The van der Waals surface area contributed by atoms with Gasteiger partial charge in [0, 0.05) is 5.56 Å². The Balaban J connectivity index is 2.22. The highest BCUT2D eigenvalue weighted by atomic mass is 19.1. The summed E-state index contributed by atoms with van der Waals surface area (Å²) in [5, 5.41) is 11.8. The van der Waals surface area contributed by atoms with E-state index >= 15 is 0 Å². The van der Waals surface area contributed by atoms with E-state index < -0.39 is 35.0 Å². The van der Waals surface area contributed by atoms with E-state index in [-0.39, 0.29) is 5.56 Å². The van der Waals surface area contributed by atoms with E-state index in [1.54, 1.807) is 0 Å². The van der Waals surface area contributed by atoms with Crippen molar-refractivity contribution in [3.05, 3.63) is 35.4 Å². The third-order valence-corrected chi connectivity index (χ3v) is 4.05. The summed E-state index contributed by atoms with van der Waals surface area (Å²) in [6.07, 6.45) is 2.07. The van der Waals surface area contributed by atoms with Crippen molar-refractivity contribution < 1.29 is 23.5 Å². The summed E-state index contributed by atoms with van der Waals surface area (Å²) in [6, 6.07) is 3.37. The molecule has 0 spiro atoms. The maximum Gasteiger partial charge on any atom is 0.329 e. The van der Waals surface area contributed by atoms with Crippen LogP contribution in [-0.2, 0) is 9.59 Å². The van der Waals surface area contributed by atoms with Crippen molar-refractivity contribution in [1.29, 1.82) is 0 Å². The molecule has 1 amide bonds. The molecule has 1 fully saturated rings. The van der Waals surface area contributed by atoms with Crippen LogP contribution in [0, 0.1) is 11.6 Å². The van der Waals surface area contributed by atoms with Crippen molar-refractivity contribution in [1.82, 2.24) is 5.32 Å². The maximum atomic E-state index is 13.7. The number of carbonyl (C=O) groups excluding carboxylic acids is 1. The number of hydrogen-bond donors (Lipinski definition) is 2. The first kappa shape index (κ1) is 15.4. The molecule has 0 radical (unpaired) electrons. The Morgan fingerprint density at radius 2 is 1.76 bits per heavy atom. The van der Waals surface area contributed by atoms with E-state index in [1.807, 2.05) is 0 Å². The lowest BCUT2D eigenvalue weighted by Crippen LogP contribution is -2.53. The number of carboxylic acids is 1. The van der Waals surface area contributed by atoms with Crippen molar-refractivity contribution in [2.75, 3.05) is 0 Å². The minimum absolute atomic E-state index is 0.334. The minimum atomic E-state index is -1.31. The molecule has 21 heavy (non-hydrogen) atoms. The largest absolute Gasteiger partial charge is 0.480 e. The quantitative estimate of drug-likeness (QED) is 0.897. The fourth-order valence-electron chi connectivity index (χ4n) is 2.77. The summed E-state index contributed by atoms with van der Waals surface area (Å²) in [5.74, 6) is -4.50. The molecular formula is C15H17F2NO3. The Morgan fingerprint density at radius 1 is 1.24 bits per heavy atom. The minimum Gasteiger partial charge on any atom is -0.480 e. The van der Waals surface area contributed by atoms with Gasteiger partial charge in [0.05, 0.1) is 5.92 Å². The van der Waals surface area contributed by atoms with Gasteiger partial charge in [0.25, 0.3) is 0 Å². The summed E-state index contributed by atoms with van der Waals surface area (Å²) < 4.78 is 27.4. The fraction of sp³-hybridized carbons (Fsp3) is 0.467. The summed E-state index contributed by atoms with van der Waals surface area (Å²) >= 11 is 0. The molecule has 4 nitrogen and oxygen atoms in total. The second-order valence-electron chi connectivity index (χ2n) is 5.44. The number of nitrogens with one attached hydrogen (secondary N) is 1. The molecule has 1 unspecified atom stereocenters. The smallest absolute Gasteiger partial charge is 0.329 e. The molecule has 2 N–H and O–H groups in total. The molecule has 114 valence electrons. The maximum absolute atomic E-state index is 13.7. The van der Waals surface area contributed by atoms with Crippen LogP contribution in [0.4, 0.5) is 8.78 Å². The Morgan fingerprint density at radius 3 is 2.24 bits per heavy atom. The van der Waals surface area contributed by atoms with Crippen LogP contribution in [0.2, 0.25) is 0 Å². The van der Waals surface area contributed by atoms with Gasteiger partial charge in [0.1, 0.15) is 17.2 Å². The number of carboxylic acid groups (broad SMARTS) is 1. The highest BCUT2D eigenvalue weighted by Crippen LogP contribution is 2.31. The molecule has 6 heteroatoms. The van der Waals surface area contributed by atoms with Crippen molar-refractivity contribution in [2.24, 2.45) is 0 Å². The topological polar surface area (TPSA) is 66.4 Å². The van der Waals surface area contributed by atoms with Crippen molar-refractivity contribution >= 4 is 11.9 Å². The first-order valence-corrected chi connectivity index (χ1v) is 6.87. The van der Waals surface area contributed by atoms with Gasteiger partial charge in [-0.05, 0) is 31.9 Å². The van der Waals surface area contributed by atoms with E-state index in [4.69, 9.17) is 0 Å². The molecule has 1 aromatic rings. The standard InChI is InChI=1S/C15H17F2NO3/c1-9(12-10(16)5-4-6-11(12)17)13(19)18-15(14(20)21)7-2-3-8-15/h4-6,9H,2-3,7-8H2,1H3,(H,18,19)(H,20,21). The monoisotopic (exact) mass is 297 g/mol. The second-order valence-corrected chi connectivity index (χ2v) is 5.44. The number of carbonyl (C=O) groups is 2. The highest BCUT2D eigenvalue weighted by molar-refractivity contribution is 5.90. The van der Waals surface area contributed by atoms with E-state index in [2.05, 4.69) is 5.32 Å². The van der Waals surface area contributed by atoms with Crippen LogP contribution >= 0.6 is 0 Å². The highest BCUT2D eigenvalue weighted by Gasteiger charge is 2.43. The molecule has 0 saturated heterocycles. The molecule has 1 aromatic carbocycles. The number of rotatable bonds is 4. The van der Waals surface area contributed by atoms with Crippen LogP contribution in [0.25, 0.3) is 0 Å². The van der Waals surface area contributed by atoms with Gasteiger partial charge in [-0.2, -0.15) is 0 Å². The molecule has 0 bridgehead atoms. The van der Waals surface area contributed by atoms with Gasteiger partial charge in [-0.1, -0.05) is 18.9 Å². The first-order valence-electron chi connectivity index (χ1n) is 6.87. The number of amides is 1. The van der Waals surface area contributed by atoms with Gasteiger partial charge in [0.15, 0.2) is 0 Å². The molecule has 1 aliphatic rings. The van der Waals surface area contributed by atoms with Gasteiger partial charge < -0.3 is 10.4 Å². The van der Waals surface area contributed by atoms with Gasteiger partial charge in [0.2, 0.25) is 5.91 Å². The van der Waals surface area contributed by atoms with Crippen molar-refractivity contribution in [3.63, 3.8) is 0 Å². The average molecular weight is 297 g/mol. The lowest BCUT2D eigenvalue weighted by atomic mass is 9.94. The summed E-state index contributed by atoms with van der Waals surface area (Å²) in [4.78, 5) is 23.6. The fourth-order valence-corrected chi connectivity index (χ4v) is 2.77. The third kappa shape index (κ3) is 2.89. The van der Waals surface area contributed by atoms with Gasteiger partial charge in [-0.25, -0.2) is 13.6 Å². The zero-order valence-electron chi connectivity index (χ0n) is 11.7. The number of benzene rings is 1. The molecule has 1 saturated carbocycles. The summed E-state index contributed by atoms with van der Waals surface area (Å²) in [6.45, 7) is 1.36. The van der Waals surface area contributed by atoms with Crippen LogP contribution < -0.4 is 5.32 Å². The Bertz CT molecular complexity index is 548. The molecule has 0 aliphatic heterocycles. The molecule has 0 aromatic heterocycles. The summed E-state index contributed by atoms with van der Waals surface area (Å²) in [7, 11) is 0. The number of halogens is 2. The molecule has 2 rings (SSSR count). The Labute approximate surface area is 121 Å². The van der Waals surface area contributed by atoms with E-state index in [1.165, 1.54) is 13.0 Å². The zero-order chi connectivity index (χ0) is 15.6. The Kier molecular flexibility index (Phi) is 4.25. The predicted octanol–water partition coefficient (Wildman–Crippen LogP) is 2.58. The van der Waals surface area contributed by atoms with Gasteiger partial charge in [-0.3, -0.25) is 4.79 Å². The normalized spacial score (nSPS) is 18.2. The van der Waals surface area contributed by atoms with Crippen LogP contribution in [0.5, 0.6) is 0 Å². The molecule has 1 atom stereocenters. The second kappa shape index (κ2) is 5.79. The molecule has 1 aliphatic carbocycles. The van der Waals surface area contributed by atoms with Crippen LogP contribution in [0.3, 0.4) is 0 Å². The van der Waals surface area contributed by atoms with Crippen LogP contribution in [0.15, 0.2) is 18.2 Å². The average Bonchev–Trinajstić information content (AvgIpc) is 2.88. The lowest BCUT2D eigenvalue weighted by molar-refractivity contribution is -0.147. The van der Waals surface area contributed by atoms with E-state index in [0.29, 0.717) is 25.7 Å². The number of aliphatic carboxylic acids is 1. The van der Waals surface area contributed by atoms with E-state index in [9.17, 15) is 23.5 Å². The summed E-state index contributed by atoms with van der Waals surface area (Å²) in [5.41, 5.74) is -1.65. The third-order valence-electron chi connectivity index (χ3n) is 4.05. The Hall–Kier alpha value is -1.98.